The van der Waals surface area contributed by atoms with E-state index in [0.29, 0.717) is 6.47 Å². The van der Waals surface area contributed by atoms with E-state index in [0.717, 1.165) is 5.57 Å². The van der Waals surface area contributed by atoms with Crippen molar-refractivity contribution in [2.45, 2.75) is 19.9 Å². The summed E-state index contributed by atoms with van der Waals surface area (Å²) in [6.45, 7) is 4.17. The van der Waals surface area contributed by atoms with Crippen LogP contribution >= 0.6 is 0 Å². The lowest BCUT2D eigenvalue weighted by atomic mass is 10.0. The zero-order valence-corrected chi connectivity index (χ0v) is 11.7. The van der Waals surface area contributed by atoms with Gasteiger partial charge in [-0.05, 0) is 19.4 Å². The predicted octanol–water partition coefficient (Wildman–Crippen LogP) is 1.02. The number of amides is 1. The van der Waals surface area contributed by atoms with Crippen molar-refractivity contribution < 1.29 is 14.3 Å². The summed E-state index contributed by atoms with van der Waals surface area (Å²) >= 11 is 0. The first-order valence-corrected chi connectivity index (χ1v) is 6.08. The van der Waals surface area contributed by atoms with Gasteiger partial charge in [-0.25, -0.2) is 0 Å². The van der Waals surface area contributed by atoms with Gasteiger partial charge in [0, 0.05) is 7.05 Å². The lowest BCUT2D eigenvalue weighted by Gasteiger charge is -2.28. The minimum Gasteiger partial charge on any atom is -0.465 e. The molecule has 1 unspecified atom stereocenters. The number of nitrogens with zero attached hydrogens (tertiary/aromatic N) is 1. The molecule has 0 aliphatic heterocycles. The second kappa shape index (κ2) is 10.1. The maximum Gasteiger partial charge on any atom is 0.293 e. The van der Waals surface area contributed by atoms with Crippen LogP contribution in [0.2, 0.25) is 0 Å². The van der Waals surface area contributed by atoms with Gasteiger partial charge >= 0.3 is 0 Å². The number of hydrogen-bond acceptors (Lipinski definition) is 4. The quantitative estimate of drug-likeness (QED) is 0.526. The fraction of sp³-hybridized carbons (Fsp3) is 0.429. The number of nitrogens with two attached hydrogens (primary N) is 1. The first-order chi connectivity index (χ1) is 9.12. The lowest BCUT2D eigenvalue weighted by molar-refractivity contribution is -0.135. The molecule has 0 rings (SSSR count). The molecule has 0 saturated carbocycles. The van der Waals surface area contributed by atoms with Crippen LogP contribution in [0.5, 0.6) is 0 Å². The molecule has 0 aliphatic rings. The van der Waals surface area contributed by atoms with Crippen molar-refractivity contribution in [2.24, 2.45) is 5.73 Å². The fourth-order valence-electron chi connectivity index (χ4n) is 1.56. The van der Waals surface area contributed by atoms with Crippen molar-refractivity contribution in [3.63, 3.8) is 0 Å². The second-order valence-electron chi connectivity index (χ2n) is 3.85. The van der Waals surface area contributed by atoms with Gasteiger partial charge in [-0.3, -0.25) is 9.59 Å². The van der Waals surface area contributed by atoms with E-state index in [1.165, 1.54) is 4.90 Å². The van der Waals surface area contributed by atoms with Crippen LogP contribution in [0.25, 0.3) is 0 Å². The van der Waals surface area contributed by atoms with Crippen molar-refractivity contribution in [1.29, 1.82) is 0 Å². The number of ether oxygens (including phenoxy) is 1. The highest BCUT2D eigenvalue weighted by Gasteiger charge is 2.21. The van der Waals surface area contributed by atoms with Gasteiger partial charge in [0.2, 0.25) is 5.91 Å². The normalized spacial score (nSPS) is 13.8. The van der Waals surface area contributed by atoms with E-state index >= 15 is 0 Å². The third kappa shape index (κ3) is 6.01. The predicted molar refractivity (Wildman–Crippen MR) is 75.3 cm³/mol. The summed E-state index contributed by atoms with van der Waals surface area (Å²) in [5, 5.41) is 0. The molecule has 0 saturated heterocycles. The molecule has 0 spiro atoms. The van der Waals surface area contributed by atoms with Crippen molar-refractivity contribution in [3.05, 3.63) is 36.0 Å². The minimum absolute atomic E-state index is 0.0825. The van der Waals surface area contributed by atoms with Crippen LogP contribution in [0, 0.1) is 0 Å². The molecule has 2 N–H and O–H groups in total. The molecule has 0 fully saturated rings. The fourth-order valence-corrected chi connectivity index (χ4v) is 1.56. The molecule has 0 aromatic carbocycles. The third-order valence-electron chi connectivity index (χ3n) is 2.58. The average Bonchev–Trinajstić information content (AvgIpc) is 2.43. The largest absolute Gasteiger partial charge is 0.465 e. The number of hydrogen-bond donors (Lipinski definition) is 1. The molecule has 1 atom stereocenters. The summed E-state index contributed by atoms with van der Waals surface area (Å²) in [5.74, 6) is -0.213. The van der Waals surface area contributed by atoms with Crippen LogP contribution in [0.3, 0.4) is 0 Å². The number of allylic oxidation sites excluding steroid dienone is 4. The molecular formula is C14H22N2O3. The number of likely N-dealkylation sites (N-methyl/N-ethyl adjacent to an activating group) is 1. The van der Waals surface area contributed by atoms with Crippen LogP contribution < -0.4 is 5.73 Å². The average molecular weight is 266 g/mol. The molecule has 0 bridgehead atoms. The van der Waals surface area contributed by atoms with Crippen LogP contribution in [-0.4, -0.2) is 43.5 Å². The monoisotopic (exact) mass is 266 g/mol. The molecule has 5 nitrogen and oxygen atoms in total. The van der Waals surface area contributed by atoms with E-state index in [4.69, 9.17) is 10.5 Å². The van der Waals surface area contributed by atoms with E-state index in [9.17, 15) is 9.59 Å². The Morgan fingerprint density at radius 1 is 1.37 bits per heavy atom. The van der Waals surface area contributed by atoms with E-state index in [1.54, 1.807) is 7.05 Å². The smallest absolute Gasteiger partial charge is 0.293 e. The van der Waals surface area contributed by atoms with Gasteiger partial charge < -0.3 is 15.4 Å². The topological polar surface area (TPSA) is 72.6 Å². The van der Waals surface area contributed by atoms with E-state index in [1.807, 2.05) is 44.2 Å². The molecule has 0 aromatic heterocycles. The van der Waals surface area contributed by atoms with Crippen molar-refractivity contribution in [2.75, 3.05) is 20.2 Å². The summed E-state index contributed by atoms with van der Waals surface area (Å²) in [5.41, 5.74) is 6.23. The van der Waals surface area contributed by atoms with Crippen LogP contribution in [0.4, 0.5) is 0 Å². The SMILES string of the molecule is C\C=C/C=C(\C=C/C)C(COC=O)N(C)C(=O)CN. The molecule has 106 valence electrons. The first kappa shape index (κ1) is 17.1. The summed E-state index contributed by atoms with van der Waals surface area (Å²) in [7, 11) is 1.64. The molecule has 5 heteroatoms. The molecule has 0 aromatic rings. The molecule has 0 radical (unpaired) electrons. The highest BCUT2D eigenvalue weighted by Crippen LogP contribution is 2.12. The minimum atomic E-state index is -0.353. The molecule has 19 heavy (non-hydrogen) atoms. The summed E-state index contributed by atoms with van der Waals surface area (Å²) in [4.78, 5) is 23.5. The van der Waals surface area contributed by atoms with Crippen molar-refractivity contribution in [3.8, 4) is 0 Å². The standard InChI is InChI=1S/C14H22N2O3/c1-4-6-8-12(7-5-2)13(10-19-11-17)16(3)14(18)9-15/h4-8,11,13H,9-10,15H2,1-3H3/b6-4-,7-5-,12-8+. The highest BCUT2D eigenvalue weighted by molar-refractivity contribution is 5.78. The van der Waals surface area contributed by atoms with Gasteiger partial charge in [-0.1, -0.05) is 30.4 Å². The van der Waals surface area contributed by atoms with E-state index < -0.39 is 0 Å². The number of carbonyl (C=O) groups excluding carboxylic acids is 2. The Hall–Kier alpha value is -1.88. The van der Waals surface area contributed by atoms with Gasteiger partial charge in [0.1, 0.15) is 6.61 Å². The van der Waals surface area contributed by atoms with Gasteiger partial charge in [-0.2, -0.15) is 0 Å². The van der Waals surface area contributed by atoms with Crippen LogP contribution in [0.15, 0.2) is 36.0 Å². The number of carbonyl (C=O) groups is 2. The van der Waals surface area contributed by atoms with E-state index in [2.05, 4.69) is 0 Å². The number of rotatable bonds is 8. The van der Waals surface area contributed by atoms with Crippen molar-refractivity contribution in [1.82, 2.24) is 4.90 Å². The van der Waals surface area contributed by atoms with Crippen LogP contribution in [-0.2, 0) is 14.3 Å². The maximum absolute atomic E-state index is 11.7. The Morgan fingerprint density at radius 2 is 2.05 bits per heavy atom. The van der Waals surface area contributed by atoms with Crippen molar-refractivity contribution >= 4 is 12.4 Å². The maximum atomic E-state index is 11.7. The van der Waals surface area contributed by atoms with Gasteiger partial charge in [-0.15, -0.1) is 0 Å². The Labute approximate surface area is 114 Å². The third-order valence-corrected chi connectivity index (χ3v) is 2.58. The Balaban J connectivity index is 5.26. The molecular weight excluding hydrogens is 244 g/mol. The van der Waals surface area contributed by atoms with Gasteiger partial charge in [0.25, 0.3) is 6.47 Å². The van der Waals surface area contributed by atoms with E-state index in [-0.39, 0.29) is 25.1 Å². The summed E-state index contributed by atoms with van der Waals surface area (Å²) in [6, 6.07) is -0.353. The zero-order chi connectivity index (χ0) is 14.7. The van der Waals surface area contributed by atoms with Crippen LogP contribution in [0.1, 0.15) is 13.8 Å². The molecule has 0 aliphatic carbocycles. The van der Waals surface area contributed by atoms with Gasteiger partial charge in [0.05, 0.1) is 12.6 Å². The summed E-state index contributed by atoms with van der Waals surface area (Å²) < 4.78 is 4.80. The zero-order valence-electron chi connectivity index (χ0n) is 11.7. The summed E-state index contributed by atoms with van der Waals surface area (Å²) in [6.07, 6.45) is 9.36. The Morgan fingerprint density at radius 3 is 2.53 bits per heavy atom. The second-order valence-corrected chi connectivity index (χ2v) is 3.85. The lowest BCUT2D eigenvalue weighted by Crippen LogP contribution is -2.43. The molecule has 1 amide bonds. The highest BCUT2D eigenvalue weighted by atomic mass is 16.5. The molecule has 0 heterocycles. The Bertz CT molecular complexity index is 373. The Kier molecular flexibility index (Phi) is 9.08. The first-order valence-electron chi connectivity index (χ1n) is 6.08. The van der Waals surface area contributed by atoms with Gasteiger partial charge in [0.15, 0.2) is 0 Å².